The zero-order valence-electron chi connectivity index (χ0n) is 12.7. The fourth-order valence-corrected chi connectivity index (χ4v) is 3.71. The molecule has 4 rings (SSSR count). The van der Waals surface area contributed by atoms with Crippen LogP contribution in [-0.2, 0) is 0 Å². The molecule has 2 amide bonds. The van der Waals surface area contributed by atoms with E-state index in [4.69, 9.17) is 11.6 Å². The van der Waals surface area contributed by atoms with E-state index >= 15 is 0 Å². The summed E-state index contributed by atoms with van der Waals surface area (Å²) in [5, 5.41) is 3.49. The molecule has 5 heteroatoms. The zero-order valence-corrected chi connectivity index (χ0v) is 13.5. The Balaban J connectivity index is 1.65. The Morgan fingerprint density at radius 3 is 2.65 bits per heavy atom. The molecule has 0 aromatic heterocycles. The van der Waals surface area contributed by atoms with Crippen molar-refractivity contribution < 1.29 is 4.79 Å². The summed E-state index contributed by atoms with van der Waals surface area (Å²) < 4.78 is 0. The number of anilines is 3. The maximum atomic E-state index is 12.8. The molecule has 2 aliphatic rings. The average molecular weight is 328 g/mol. The van der Waals surface area contributed by atoms with Crippen LogP contribution in [0.5, 0.6) is 0 Å². The molecule has 0 aliphatic carbocycles. The fraction of sp³-hybridized carbons (Fsp3) is 0.278. The van der Waals surface area contributed by atoms with Crippen LogP contribution >= 0.6 is 11.6 Å². The van der Waals surface area contributed by atoms with Crippen molar-refractivity contribution in [1.29, 1.82) is 0 Å². The minimum absolute atomic E-state index is 0.128. The summed E-state index contributed by atoms with van der Waals surface area (Å²) in [6.45, 7) is 1.79. The van der Waals surface area contributed by atoms with Crippen molar-refractivity contribution in [2.45, 2.75) is 18.9 Å². The van der Waals surface area contributed by atoms with Gasteiger partial charge in [-0.2, -0.15) is 0 Å². The number of urea groups is 1. The molecule has 2 aromatic rings. The standard InChI is InChI=1S/C18H18ClN3O/c19-14-7-1-2-8-15(14)20-18(23)22-12-13-6-5-11-21(13)16-9-3-4-10-17(16)22/h1-4,7-10,13H,5-6,11-12H2,(H,20,23). The van der Waals surface area contributed by atoms with Crippen LogP contribution in [0.3, 0.4) is 0 Å². The van der Waals surface area contributed by atoms with Crippen molar-refractivity contribution in [3.63, 3.8) is 0 Å². The van der Waals surface area contributed by atoms with Gasteiger partial charge in [0.05, 0.1) is 22.1 Å². The van der Waals surface area contributed by atoms with Gasteiger partial charge in [0.1, 0.15) is 0 Å². The first-order valence-electron chi connectivity index (χ1n) is 7.93. The van der Waals surface area contributed by atoms with Gasteiger partial charge in [-0.1, -0.05) is 35.9 Å². The Bertz CT molecular complexity index is 749. The second-order valence-corrected chi connectivity index (χ2v) is 6.41. The molecular formula is C18H18ClN3O. The summed E-state index contributed by atoms with van der Waals surface area (Å²) in [6.07, 6.45) is 2.31. The number of carbonyl (C=O) groups excluding carboxylic acids is 1. The predicted molar refractivity (Wildman–Crippen MR) is 94.6 cm³/mol. The van der Waals surface area contributed by atoms with Crippen LogP contribution in [0.4, 0.5) is 21.9 Å². The van der Waals surface area contributed by atoms with Gasteiger partial charge in [0.25, 0.3) is 0 Å². The molecule has 0 radical (unpaired) electrons. The van der Waals surface area contributed by atoms with Gasteiger partial charge >= 0.3 is 6.03 Å². The monoisotopic (exact) mass is 327 g/mol. The van der Waals surface area contributed by atoms with Gasteiger partial charge in [-0.05, 0) is 37.1 Å². The van der Waals surface area contributed by atoms with E-state index in [1.165, 1.54) is 6.42 Å². The van der Waals surface area contributed by atoms with E-state index in [-0.39, 0.29) is 6.03 Å². The number of hydrogen-bond acceptors (Lipinski definition) is 2. The van der Waals surface area contributed by atoms with Crippen LogP contribution in [0, 0.1) is 0 Å². The van der Waals surface area contributed by atoms with Crippen LogP contribution in [0.1, 0.15) is 12.8 Å². The van der Waals surface area contributed by atoms with Crippen molar-refractivity contribution in [1.82, 2.24) is 0 Å². The van der Waals surface area contributed by atoms with Crippen molar-refractivity contribution in [3.05, 3.63) is 53.6 Å². The first-order valence-corrected chi connectivity index (χ1v) is 8.30. The maximum absolute atomic E-state index is 12.8. The molecule has 2 aliphatic heterocycles. The lowest BCUT2D eigenvalue weighted by molar-refractivity contribution is 0.256. The molecule has 1 atom stereocenters. The van der Waals surface area contributed by atoms with Crippen LogP contribution < -0.4 is 15.1 Å². The highest BCUT2D eigenvalue weighted by Crippen LogP contribution is 2.39. The van der Waals surface area contributed by atoms with Gasteiger partial charge in [0, 0.05) is 19.1 Å². The number of para-hydroxylation sites is 3. The van der Waals surface area contributed by atoms with Crippen molar-refractivity contribution in [2.24, 2.45) is 0 Å². The van der Waals surface area contributed by atoms with Gasteiger partial charge in [0.15, 0.2) is 0 Å². The molecule has 4 nitrogen and oxygen atoms in total. The molecular weight excluding hydrogens is 310 g/mol. The highest BCUT2D eigenvalue weighted by atomic mass is 35.5. The van der Waals surface area contributed by atoms with Crippen molar-refractivity contribution in [2.75, 3.05) is 28.2 Å². The third kappa shape index (κ3) is 2.53. The molecule has 0 spiro atoms. The number of halogens is 1. The number of amides is 2. The summed E-state index contributed by atoms with van der Waals surface area (Å²) in [5.41, 5.74) is 2.76. The number of rotatable bonds is 1. The highest BCUT2D eigenvalue weighted by molar-refractivity contribution is 6.33. The third-order valence-electron chi connectivity index (χ3n) is 4.61. The van der Waals surface area contributed by atoms with Crippen LogP contribution in [0.15, 0.2) is 48.5 Å². The smallest absolute Gasteiger partial charge is 0.326 e. The Morgan fingerprint density at radius 2 is 1.83 bits per heavy atom. The predicted octanol–water partition coefficient (Wildman–Crippen LogP) is 4.36. The molecule has 1 saturated heterocycles. The van der Waals surface area contributed by atoms with E-state index in [0.717, 1.165) is 24.3 Å². The molecule has 2 heterocycles. The molecule has 118 valence electrons. The third-order valence-corrected chi connectivity index (χ3v) is 4.94. The van der Waals surface area contributed by atoms with E-state index in [1.54, 1.807) is 6.07 Å². The van der Waals surface area contributed by atoms with Gasteiger partial charge in [0.2, 0.25) is 0 Å². The first-order chi connectivity index (χ1) is 11.2. The maximum Gasteiger partial charge on any atom is 0.326 e. The number of hydrogen-bond donors (Lipinski definition) is 1. The van der Waals surface area contributed by atoms with Gasteiger partial charge < -0.3 is 10.2 Å². The minimum Gasteiger partial charge on any atom is -0.365 e. The molecule has 0 saturated carbocycles. The minimum atomic E-state index is -0.128. The lowest BCUT2D eigenvalue weighted by atomic mass is 10.1. The normalized spacial score (nSPS) is 19.3. The topological polar surface area (TPSA) is 35.6 Å². The summed E-state index contributed by atoms with van der Waals surface area (Å²) >= 11 is 6.16. The number of nitrogens with zero attached hydrogens (tertiary/aromatic N) is 2. The lowest BCUT2D eigenvalue weighted by Gasteiger charge is -2.40. The van der Waals surface area contributed by atoms with Crippen LogP contribution in [-0.4, -0.2) is 25.2 Å². The fourth-order valence-electron chi connectivity index (χ4n) is 3.52. The van der Waals surface area contributed by atoms with Crippen molar-refractivity contribution >= 4 is 34.7 Å². The molecule has 1 unspecified atom stereocenters. The summed E-state index contributed by atoms with van der Waals surface area (Å²) in [4.78, 5) is 17.1. The molecule has 0 bridgehead atoms. The number of benzene rings is 2. The molecule has 2 aromatic carbocycles. The second kappa shape index (κ2) is 5.78. The highest BCUT2D eigenvalue weighted by Gasteiger charge is 2.36. The van der Waals surface area contributed by atoms with E-state index in [0.29, 0.717) is 23.3 Å². The summed E-state index contributed by atoms with van der Waals surface area (Å²) in [6, 6.07) is 15.7. The first kappa shape index (κ1) is 14.4. The SMILES string of the molecule is O=C(Nc1ccccc1Cl)N1CC2CCCN2c2ccccc21. The summed E-state index contributed by atoms with van der Waals surface area (Å²) in [5.74, 6) is 0. The Hall–Kier alpha value is -2.20. The molecule has 1 fully saturated rings. The second-order valence-electron chi connectivity index (χ2n) is 6.00. The van der Waals surface area contributed by atoms with E-state index < -0.39 is 0 Å². The molecule has 1 N–H and O–H groups in total. The zero-order chi connectivity index (χ0) is 15.8. The van der Waals surface area contributed by atoms with E-state index in [1.807, 2.05) is 41.3 Å². The quantitative estimate of drug-likeness (QED) is 0.844. The van der Waals surface area contributed by atoms with Gasteiger partial charge in [-0.15, -0.1) is 0 Å². The van der Waals surface area contributed by atoms with Gasteiger partial charge in [-0.3, -0.25) is 4.90 Å². The Kier molecular flexibility index (Phi) is 3.62. The number of nitrogens with one attached hydrogen (secondary N) is 1. The molecule has 23 heavy (non-hydrogen) atoms. The average Bonchev–Trinajstić information content (AvgIpc) is 3.05. The van der Waals surface area contributed by atoms with Crippen LogP contribution in [0.25, 0.3) is 0 Å². The van der Waals surface area contributed by atoms with E-state index in [2.05, 4.69) is 16.3 Å². The van der Waals surface area contributed by atoms with Crippen LogP contribution in [0.2, 0.25) is 5.02 Å². The lowest BCUT2D eigenvalue weighted by Crippen LogP contribution is -2.49. The largest absolute Gasteiger partial charge is 0.365 e. The van der Waals surface area contributed by atoms with Crippen molar-refractivity contribution in [3.8, 4) is 0 Å². The Morgan fingerprint density at radius 1 is 1.09 bits per heavy atom. The number of carbonyl (C=O) groups is 1. The van der Waals surface area contributed by atoms with E-state index in [9.17, 15) is 4.79 Å². The number of fused-ring (bicyclic) bond motifs is 3. The summed E-state index contributed by atoms with van der Waals surface area (Å²) in [7, 11) is 0. The van der Waals surface area contributed by atoms with Gasteiger partial charge in [-0.25, -0.2) is 4.79 Å². The Labute approximate surface area is 140 Å².